The minimum atomic E-state index is -4.39. The Kier molecular flexibility index (Phi) is 4.85. The van der Waals surface area contributed by atoms with Gasteiger partial charge in [-0.1, -0.05) is 19.1 Å². The van der Waals surface area contributed by atoms with Gasteiger partial charge in [0, 0.05) is 13.1 Å². The molecule has 25 heavy (non-hydrogen) atoms. The van der Waals surface area contributed by atoms with Crippen LogP contribution < -0.4 is 5.32 Å². The number of rotatable bonds is 5. The minimum absolute atomic E-state index is 0.0493. The van der Waals surface area contributed by atoms with E-state index in [4.69, 9.17) is 0 Å². The van der Waals surface area contributed by atoms with E-state index in [0.29, 0.717) is 17.8 Å². The topological polar surface area (TPSA) is 34.0 Å². The van der Waals surface area contributed by atoms with Crippen LogP contribution in [0.3, 0.4) is 0 Å². The number of nitrogens with one attached hydrogen (secondary N) is 1. The molecule has 0 aliphatic carbocycles. The normalized spacial score (nSPS) is 11.8. The molecule has 0 unspecified atom stereocenters. The highest BCUT2D eigenvalue weighted by atomic mass is 32.1. The number of benzene rings is 1. The highest BCUT2D eigenvalue weighted by molar-refractivity contribution is 7.17. The minimum Gasteiger partial charge on any atom is -0.347 e. The summed E-state index contributed by atoms with van der Waals surface area (Å²) in [6, 6.07) is 8.80. The first kappa shape index (κ1) is 17.5. The molecule has 0 aliphatic rings. The van der Waals surface area contributed by atoms with Gasteiger partial charge in [0.15, 0.2) is 0 Å². The van der Waals surface area contributed by atoms with Crippen molar-refractivity contribution in [2.24, 2.45) is 0 Å². The van der Waals surface area contributed by atoms with Gasteiger partial charge in [-0.15, -0.1) is 11.3 Å². The van der Waals surface area contributed by atoms with Crippen molar-refractivity contribution in [1.82, 2.24) is 9.88 Å². The summed E-state index contributed by atoms with van der Waals surface area (Å²) in [6.07, 6.45) is -3.51. The van der Waals surface area contributed by atoms with E-state index in [1.54, 1.807) is 17.4 Å². The van der Waals surface area contributed by atoms with Crippen molar-refractivity contribution in [2.45, 2.75) is 32.6 Å². The predicted molar refractivity (Wildman–Crippen MR) is 92.7 cm³/mol. The maximum atomic E-state index is 12.8. The van der Waals surface area contributed by atoms with Crippen LogP contribution in [0, 0.1) is 0 Å². The van der Waals surface area contributed by atoms with Crippen molar-refractivity contribution in [1.29, 1.82) is 0 Å². The standard InChI is InChI=1S/C18H17F3N2OS/c1-2-7-23-14-6-8-25-16(14)10-15(23)17(24)22-11-12-4-3-5-13(9-12)18(19,20)21/h3-6,8-10H,2,7,11H2,1H3,(H,22,24). The molecule has 132 valence electrons. The first-order valence-electron chi connectivity index (χ1n) is 7.91. The number of fused-ring (bicyclic) bond motifs is 1. The summed E-state index contributed by atoms with van der Waals surface area (Å²) in [5.41, 5.74) is 1.25. The van der Waals surface area contributed by atoms with Crippen LogP contribution in [0.15, 0.2) is 41.8 Å². The largest absolute Gasteiger partial charge is 0.416 e. The summed E-state index contributed by atoms with van der Waals surface area (Å²) in [7, 11) is 0. The van der Waals surface area contributed by atoms with E-state index in [1.807, 2.05) is 29.0 Å². The summed E-state index contributed by atoms with van der Waals surface area (Å²) in [4.78, 5) is 12.5. The Balaban J connectivity index is 1.77. The molecule has 2 heterocycles. The molecule has 0 aliphatic heterocycles. The Morgan fingerprint density at radius 1 is 1.24 bits per heavy atom. The first-order valence-corrected chi connectivity index (χ1v) is 8.79. The Bertz CT molecular complexity index is 895. The Hall–Kier alpha value is -2.28. The molecule has 0 fully saturated rings. The second kappa shape index (κ2) is 6.92. The lowest BCUT2D eigenvalue weighted by atomic mass is 10.1. The fourth-order valence-electron chi connectivity index (χ4n) is 2.76. The molecule has 2 aromatic heterocycles. The third-order valence-electron chi connectivity index (χ3n) is 3.91. The second-order valence-electron chi connectivity index (χ2n) is 5.73. The Morgan fingerprint density at radius 2 is 2.04 bits per heavy atom. The summed E-state index contributed by atoms with van der Waals surface area (Å²) in [6.45, 7) is 2.79. The number of aryl methyl sites for hydroxylation is 1. The molecule has 0 saturated carbocycles. The molecule has 3 nitrogen and oxygen atoms in total. The van der Waals surface area contributed by atoms with E-state index in [2.05, 4.69) is 5.32 Å². The van der Waals surface area contributed by atoms with Gasteiger partial charge < -0.3 is 9.88 Å². The molecule has 1 N–H and O–H groups in total. The fraction of sp³-hybridized carbons (Fsp3) is 0.278. The molecule has 3 aromatic rings. The van der Waals surface area contributed by atoms with Gasteiger partial charge in [0.25, 0.3) is 5.91 Å². The number of amides is 1. The number of alkyl halides is 3. The van der Waals surface area contributed by atoms with Gasteiger partial charge in [-0.05, 0) is 41.6 Å². The number of nitrogens with zero attached hydrogens (tertiary/aromatic N) is 1. The number of halogens is 3. The van der Waals surface area contributed by atoms with E-state index < -0.39 is 11.7 Å². The van der Waals surface area contributed by atoms with E-state index in [1.165, 1.54) is 6.07 Å². The molecule has 1 aromatic carbocycles. The van der Waals surface area contributed by atoms with Crippen LogP contribution in [0.2, 0.25) is 0 Å². The number of thiophene rings is 1. The maximum absolute atomic E-state index is 12.8. The van der Waals surface area contributed by atoms with E-state index in [-0.39, 0.29) is 12.5 Å². The first-order chi connectivity index (χ1) is 11.9. The highest BCUT2D eigenvalue weighted by Crippen LogP contribution is 2.29. The van der Waals surface area contributed by atoms with Crippen molar-refractivity contribution in [3.63, 3.8) is 0 Å². The van der Waals surface area contributed by atoms with E-state index >= 15 is 0 Å². The van der Waals surface area contributed by atoms with Crippen molar-refractivity contribution >= 4 is 27.5 Å². The van der Waals surface area contributed by atoms with Crippen LogP contribution in [-0.4, -0.2) is 10.5 Å². The molecule has 0 saturated heterocycles. The van der Waals surface area contributed by atoms with Gasteiger partial charge in [-0.2, -0.15) is 13.2 Å². The predicted octanol–water partition coefficient (Wildman–Crippen LogP) is 5.06. The second-order valence-corrected chi connectivity index (χ2v) is 6.68. The highest BCUT2D eigenvalue weighted by Gasteiger charge is 2.30. The van der Waals surface area contributed by atoms with Crippen LogP contribution in [0.25, 0.3) is 10.2 Å². The van der Waals surface area contributed by atoms with Crippen LogP contribution >= 0.6 is 11.3 Å². The average molecular weight is 366 g/mol. The SMILES string of the molecule is CCCn1c(C(=O)NCc2cccc(C(F)(F)F)c2)cc2sccc21. The van der Waals surface area contributed by atoms with Gasteiger partial charge in [0.2, 0.25) is 0 Å². The number of hydrogen-bond donors (Lipinski definition) is 1. The molecular formula is C18H17F3N2OS. The summed E-state index contributed by atoms with van der Waals surface area (Å²) < 4.78 is 41.3. The van der Waals surface area contributed by atoms with E-state index in [0.717, 1.165) is 28.8 Å². The summed E-state index contributed by atoms with van der Waals surface area (Å²) >= 11 is 1.56. The van der Waals surface area contributed by atoms with Crippen molar-refractivity contribution in [3.8, 4) is 0 Å². The lowest BCUT2D eigenvalue weighted by molar-refractivity contribution is -0.137. The lowest BCUT2D eigenvalue weighted by Crippen LogP contribution is -2.25. The monoisotopic (exact) mass is 366 g/mol. The molecule has 0 radical (unpaired) electrons. The van der Waals surface area contributed by atoms with Crippen LogP contribution in [0.5, 0.6) is 0 Å². The van der Waals surface area contributed by atoms with Gasteiger partial charge >= 0.3 is 6.18 Å². The lowest BCUT2D eigenvalue weighted by Gasteiger charge is -2.11. The molecule has 0 atom stereocenters. The number of carbonyl (C=O) groups excluding carboxylic acids is 1. The summed E-state index contributed by atoms with van der Waals surface area (Å²) in [5, 5.41) is 4.69. The van der Waals surface area contributed by atoms with Crippen molar-refractivity contribution in [3.05, 3.63) is 58.6 Å². The third kappa shape index (κ3) is 3.71. The fourth-order valence-corrected chi connectivity index (χ4v) is 3.58. The van der Waals surface area contributed by atoms with Crippen LogP contribution in [0.4, 0.5) is 13.2 Å². The molecular weight excluding hydrogens is 349 g/mol. The molecule has 0 spiro atoms. The molecule has 3 rings (SSSR count). The summed E-state index contributed by atoms with van der Waals surface area (Å²) in [5.74, 6) is -0.283. The zero-order valence-corrected chi connectivity index (χ0v) is 14.4. The van der Waals surface area contributed by atoms with Gasteiger partial charge in [-0.3, -0.25) is 4.79 Å². The molecule has 7 heteroatoms. The molecule has 0 bridgehead atoms. The van der Waals surface area contributed by atoms with Gasteiger partial charge in [0.05, 0.1) is 15.8 Å². The Morgan fingerprint density at radius 3 is 2.76 bits per heavy atom. The van der Waals surface area contributed by atoms with Crippen molar-refractivity contribution in [2.75, 3.05) is 0 Å². The average Bonchev–Trinajstić information content (AvgIpc) is 3.15. The quantitative estimate of drug-likeness (QED) is 0.673. The molecule has 1 amide bonds. The zero-order valence-electron chi connectivity index (χ0n) is 13.6. The number of aromatic nitrogens is 1. The third-order valence-corrected chi connectivity index (χ3v) is 4.76. The zero-order chi connectivity index (χ0) is 18.0. The van der Waals surface area contributed by atoms with Crippen LogP contribution in [0.1, 0.15) is 35.0 Å². The van der Waals surface area contributed by atoms with Crippen molar-refractivity contribution < 1.29 is 18.0 Å². The number of hydrogen-bond acceptors (Lipinski definition) is 2. The van der Waals surface area contributed by atoms with Gasteiger partial charge in [0.1, 0.15) is 5.69 Å². The van der Waals surface area contributed by atoms with E-state index in [9.17, 15) is 18.0 Å². The smallest absolute Gasteiger partial charge is 0.347 e. The Labute approximate surface area is 147 Å². The van der Waals surface area contributed by atoms with Gasteiger partial charge in [-0.25, -0.2) is 0 Å². The number of carbonyl (C=O) groups is 1. The maximum Gasteiger partial charge on any atom is 0.416 e. The van der Waals surface area contributed by atoms with Crippen LogP contribution in [-0.2, 0) is 19.3 Å².